The molecule has 12 heavy (non-hydrogen) atoms. The van der Waals surface area contributed by atoms with E-state index in [1.807, 2.05) is 18.5 Å². The smallest absolute Gasteiger partial charge is 0.0965 e. The van der Waals surface area contributed by atoms with Crippen molar-refractivity contribution < 1.29 is 4.74 Å². The lowest BCUT2D eigenvalue weighted by molar-refractivity contribution is 0.280. The summed E-state index contributed by atoms with van der Waals surface area (Å²) in [5, 5.41) is 0. The molecule has 1 aliphatic carbocycles. The fraction of sp³-hybridized carbons (Fsp3) is 0.333. The molecule has 3 heteroatoms. The third kappa shape index (κ3) is 1.07. The van der Waals surface area contributed by atoms with Crippen molar-refractivity contribution in [1.82, 2.24) is 4.68 Å². The molecule has 0 radical (unpaired) electrons. The lowest BCUT2D eigenvalue weighted by atomic mass is 10.0. The minimum absolute atomic E-state index is 0.980. The zero-order valence-corrected chi connectivity index (χ0v) is 7.08. The van der Waals surface area contributed by atoms with E-state index in [0.29, 0.717) is 0 Å². The van der Waals surface area contributed by atoms with Crippen LogP contribution in [0.2, 0.25) is 0 Å². The first-order chi connectivity index (χ1) is 5.79. The Labute approximate surface area is 71.4 Å². The van der Waals surface area contributed by atoms with Gasteiger partial charge in [0.15, 0.2) is 0 Å². The molecule has 0 atom stereocenters. The molecule has 2 rings (SSSR count). The highest BCUT2D eigenvalue weighted by Crippen LogP contribution is 2.23. The van der Waals surface area contributed by atoms with E-state index in [9.17, 15) is 0 Å². The van der Waals surface area contributed by atoms with Crippen LogP contribution in [0.4, 0.5) is 0 Å². The van der Waals surface area contributed by atoms with E-state index in [1.54, 1.807) is 11.8 Å². The van der Waals surface area contributed by atoms with Gasteiger partial charge in [0.2, 0.25) is 0 Å². The molecule has 0 aromatic carbocycles. The first kappa shape index (κ1) is 7.28. The summed E-state index contributed by atoms with van der Waals surface area (Å²) in [6.07, 6.45) is 7.92. The molecule has 1 heterocycles. The van der Waals surface area contributed by atoms with E-state index in [2.05, 4.69) is 0 Å². The van der Waals surface area contributed by atoms with Crippen LogP contribution in [-0.2, 0) is 11.2 Å². The van der Waals surface area contributed by atoms with E-state index in [-0.39, 0.29) is 0 Å². The van der Waals surface area contributed by atoms with Crippen LogP contribution in [0.3, 0.4) is 0 Å². The van der Waals surface area contributed by atoms with Crippen LogP contribution in [-0.4, -0.2) is 11.8 Å². The maximum atomic E-state index is 5.59. The van der Waals surface area contributed by atoms with Crippen LogP contribution in [0.25, 0.3) is 6.08 Å². The van der Waals surface area contributed by atoms with E-state index in [0.717, 1.165) is 18.6 Å². The maximum Gasteiger partial charge on any atom is 0.0965 e. The van der Waals surface area contributed by atoms with Crippen LogP contribution in [0.1, 0.15) is 17.5 Å². The van der Waals surface area contributed by atoms with Gasteiger partial charge in [0.25, 0.3) is 0 Å². The van der Waals surface area contributed by atoms with Gasteiger partial charge in [-0.2, -0.15) is 0 Å². The number of rotatable bonds is 1. The van der Waals surface area contributed by atoms with Gasteiger partial charge in [-0.25, -0.2) is 0 Å². The van der Waals surface area contributed by atoms with Crippen LogP contribution < -0.4 is 5.84 Å². The second-order valence-electron chi connectivity index (χ2n) is 3.00. The van der Waals surface area contributed by atoms with Gasteiger partial charge >= 0.3 is 0 Å². The quantitative estimate of drug-likeness (QED) is 0.632. The number of aromatic nitrogens is 1. The monoisotopic (exact) mass is 164 g/mol. The summed E-state index contributed by atoms with van der Waals surface area (Å²) < 4.78 is 6.77. The van der Waals surface area contributed by atoms with Crippen molar-refractivity contribution in [2.24, 2.45) is 0 Å². The van der Waals surface area contributed by atoms with Gasteiger partial charge in [0.1, 0.15) is 0 Å². The Hall–Kier alpha value is -1.38. The number of nitrogens with zero attached hydrogens (tertiary/aromatic N) is 1. The summed E-state index contributed by atoms with van der Waals surface area (Å²) in [6, 6.07) is 0. The van der Waals surface area contributed by atoms with Crippen molar-refractivity contribution in [1.29, 1.82) is 0 Å². The Morgan fingerprint density at radius 1 is 1.42 bits per heavy atom. The lowest BCUT2D eigenvalue weighted by Gasteiger charge is -2.10. The van der Waals surface area contributed by atoms with Crippen molar-refractivity contribution in [3.8, 4) is 0 Å². The molecule has 0 unspecified atom stereocenters. The minimum Gasteiger partial charge on any atom is -0.501 e. The molecule has 1 aromatic heterocycles. The minimum atomic E-state index is 0.980. The van der Waals surface area contributed by atoms with Crippen LogP contribution in [0.15, 0.2) is 18.2 Å². The normalized spacial score (nSPS) is 15.2. The Bertz CT molecular complexity index is 325. The van der Waals surface area contributed by atoms with Crippen molar-refractivity contribution in [2.75, 3.05) is 13.0 Å². The third-order valence-corrected chi connectivity index (χ3v) is 2.18. The van der Waals surface area contributed by atoms with Crippen LogP contribution in [0, 0.1) is 0 Å². The fourth-order valence-corrected chi connectivity index (χ4v) is 1.54. The number of aryl methyl sites for hydroxylation is 1. The molecule has 0 bridgehead atoms. The molecule has 1 aliphatic rings. The molecular formula is C9H12N2O. The van der Waals surface area contributed by atoms with Crippen LogP contribution in [0.5, 0.6) is 0 Å². The Morgan fingerprint density at radius 2 is 2.25 bits per heavy atom. The van der Waals surface area contributed by atoms with Crippen molar-refractivity contribution in [2.45, 2.75) is 12.8 Å². The standard InChI is InChI=1S/C9H12N2O/c1-12-9-3-2-7-5-11(10)6-8(7)4-9/h4-6H,2-3,10H2,1H3. The first-order valence-corrected chi connectivity index (χ1v) is 4.00. The predicted molar refractivity (Wildman–Crippen MR) is 47.9 cm³/mol. The van der Waals surface area contributed by atoms with Gasteiger partial charge in [-0.15, -0.1) is 0 Å². The average Bonchev–Trinajstić information content (AvgIpc) is 2.43. The number of hydrogen-bond acceptors (Lipinski definition) is 2. The summed E-state index contributed by atoms with van der Waals surface area (Å²) in [5.41, 5.74) is 2.49. The van der Waals surface area contributed by atoms with Gasteiger partial charge < -0.3 is 10.6 Å². The number of nitrogen functional groups attached to an aromatic ring is 1. The summed E-state index contributed by atoms with van der Waals surface area (Å²) >= 11 is 0. The Kier molecular flexibility index (Phi) is 1.57. The van der Waals surface area contributed by atoms with Gasteiger partial charge in [0.05, 0.1) is 12.9 Å². The number of nitrogens with two attached hydrogens (primary N) is 1. The molecule has 3 nitrogen and oxygen atoms in total. The topological polar surface area (TPSA) is 40.2 Å². The SMILES string of the molecule is COC1=Cc2cn(N)cc2CC1. The van der Waals surface area contributed by atoms with Gasteiger partial charge in [-0.05, 0) is 18.1 Å². The molecule has 64 valence electrons. The summed E-state index contributed by atoms with van der Waals surface area (Å²) in [5.74, 6) is 6.63. The van der Waals surface area contributed by atoms with E-state index in [4.69, 9.17) is 10.6 Å². The molecule has 0 aliphatic heterocycles. The average molecular weight is 164 g/mol. The molecular weight excluding hydrogens is 152 g/mol. The highest BCUT2D eigenvalue weighted by Gasteiger charge is 2.11. The summed E-state index contributed by atoms with van der Waals surface area (Å²) in [4.78, 5) is 0. The lowest BCUT2D eigenvalue weighted by Crippen LogP contribution is -2.03. The second-order valence-corrected chi connectivity index (χ2v) is 3.00. The molecule has 2 N–H and O–H groups in total. The third-order valence-electron chi connectivity index (χ3n) is 2.18. The van der Waals surface area contributed by atoms with E-state index >= 15 is 0 Å². The largest absolute Gasteiger partial charge is 0.501 e. The molecule has 0 saturated carbocycles. The molecule has 0 spiro atoms. The molecule has 1 aromatic rings. The zero-order valence-electron chi connectivity index (χ0n) is 7.08. The molecule has 0 amide bonds. The molecule has 0 saturated heterocycles. The number of allylic oxidation sites excluding steroid dienone is 1. The highest BCUT2D eigenvalue weighted by atomic mass is 16.5. The first-order valence-electron chi connectivity index (χ1n) is 4.00. The number of ether oxygens (including phenoxy) is 1. The van der Waals surface area contributed by atoms with Crippen molar-refractivity contribution >= 4 is 6.08 Å². The zero-order chi connectivity index (χ0) is 8.55. The number of fused-ring (bicyclic) bond motifs is 1. The van der Waals surface area contributed by atoms with Crippen molar-refractivity contribution in [3.05, 3.63) is 29.3 Å². The van der Waals surface area contributed by atoms with Gasteiger partial charge in [0, 0.05) is 24.4 Å². The summed E-state index contributed by atoms with van der Waals surface area (Å²) in [6.45, 7) is 0. The van der Waals surface area contributed by atoms with E-state index in [1.165, 1.54) is 11.1 Å². The number of methoxy groups -OCH3 is 1. The second kappa shape index (κ2) is 2.59. The van der Waals surface area contributed by atoms with Gasteiger partial charge in [-0.3, -0.25) is 4.68 Å². The van der Waals surface area contributed by atoms with Crippen molar-refractivity contribution in [3.63, 3.8) is 0 Å². The maximum absolute atomic E-state index is 5.59. The summed E-state index contributed by atoms with van der Waals surface area (Å²) in [7, 11) is 1.70. The van der Waals surface area contributed by atoms with Crippen LogP contribution >= 0.6 is 0 Å². The fourth-order valence-electron chi connectivity index (χ4n) is 1.54. The van der Waals surface area contributed by atoms with E-state index < -0.39 is 0 Å². The van der Waals surface area contributed by atoms with Gasteiger partial charge in [-0.1, -0.05) is 0 Å². The highest BCUT2D eigenvalue weighted by molar-refractivity contribution is 5.57. The molecule has 0 fully saturated rings. The Morgan fingerprint density at radius 3 is 3.00 bits per heavy atom. The predicted octanol–water partition coefficient (Wildman–Crippen LogP) is 1.14. The Balaban J connectivity index is 2.40. The number of hydrogen-bond donors (Lipinski definition) is 1.